The van der Waals surface area contributed by atoms with Crippen molar-refractivity contribution in [2.24, 2.45) is 5.92 Å². The van der Waals surface area contributed by atoms with Crippen LogP contribution in [-0.4, -0.2) is 51.8 Å². The Labute approximate surface area is 141 Å². The Morgan fingerprint density at radius 3 is 2.83 bits per heavy atom. The summed E-state index contributed by atoms with van der Waals surface area (Å²) in [5.74, 6) is -0.131. The molecule has 1 aromatic heterocycles. The van der Waals surface area contributed by atoms with Gasteiger partial charge in [0.25, 0.3) is 0 Å². The van der Waals surface area contributed by atoms with Gasteiger partial charge in [-0.1, -0.05) is 13.0 Å². The number of hydrogen-bond donors (Lipinski definition) is 3. The highest BCUT2D eigenvalue weighted by Gasteiger charge is 2.33. The molecule has 3 aliphatic heterocycles. The quantitative estimate of drug-likeness (QED) is 0.782. The van der Waals surface area contributed by atoms with Crippen molar-refractivity contribution in [3.8, 4) is 0 Å². The monoisotopic (exact) mass is 328 g/mol. The van der Waals surface area contributed by atoms with E-state index in [1.54, 1.807) is 0 Å². The maximum Gasteiger partial charge on any atom is 0.336 e. The fraction of sp³-hybridized carbons (Fsp3) is 0.556. The molecule has 5 rings (SSSR count). The van der Waals surface area contributed by atoms with Gasteiger partial charge in [0.2, 0.25) is 0 Å². The van der Waals surface area contributed by atoms with E-state index >= 15 is 0 Å². The lowest BCUT2D eigenvalue weighted by Crippen LogP contribution is -2.55. The van der Waals surface area contributed by atoms with Gasteiger partial charge in [-0.25, -0.2) is 4.79 Å². The van der Waals surface area contributed by atoms with Gasteiger partial charge in [0, 0.05) is 24.5 Å². The van der Waals surface area contributed by atoms with Crippen molar-refractivity contribution < 1.29 is 9.90 Å². The molecule has 3 fully saturated rings. The Morgan fingerprint density at radius 1 is 1.42 bits per heavy atom. The van der Waals surface area contributed by atoms with Crippen LogP contribution in [0.25, 0.3) is 10.9 Å². The summed E-state index contributed by atoms with van der Waals surface area (Å²) in [5.41, 5.74) is 2.87. The van der Waals surface area contributed by atoms with Crippen LogP contribution >= 0.6 is 0 Å². The third kappa shape index (κ3) is 2.59. The Kier molecular flexibility index (Phi) is 4.02. The number of H-pyrrole nitrogens is 1. The van der Waals surface area contributed by atoms with Crippen LogP contribution in [0.15, 0.2) is 12.1 Å². The van der Waals surface area contributed by atoms with Gasteiger partial charge in [-0.15, -0.1) is 0 Å². The minimum atomic E-state index is -0.872. The number of aromatic nitrogens is 2. The largest absolute Gasteiger partial charge is 0.478 e. The maximum atomic E-state index is 11.8. The molecule has 0 saturated carbocycles. The molecule has 4 heterocycles. The highest BCUT2D eigenvalue weighted by molar-refractivity contribution is 6.05. The summed E-state index contributed by atoms with van der Waals surface area (Å²) in [4.78, 5) is 14.3. The predicted molar refractivity (Wildman–Crippen MR) is 92.2 cm³/mol. The normalized spacial score (nSPS) is 26.1. The fourth-order valence-corrected chi connectivity index (χ4v) is 4.31. The molecule has 3 N–H and O–H groups in total. The number of hydrogen-bond acceptors (Lipinski definition) is 4. The van der Waals surface area contributed by atoms with Crippen molar-refractivity contribution in [3.63, 3.8) is 0 Å². The summed E-state index contributed by atoms with van der Waals surface area (Å²) in [5, 5.41) is 21.5. The van der Waals surface area contributed by atoms with E-state index < -0.39 is 5.97 Å². The zero-order valence-electron chi connectivity index (χ0n) is 14.0. The Balaban J connectivity index is 1.61. The van der Waals surface area contributed by atoms with Crippen LogP contribution in [-0.2, 0) is 13.0 Å². The van der Waals surface area contributed by atoms with Gasteiger partial charge < -0.3 is 15.3 Å². The number of carboxylic acids is 1. The van der Waals surface area contributed by atoms with Crippen LogP contribution in [0.3, 0.4) is 0 Å². The second-order valence-corrected chi connectivity index (χ2v) is 6.98. The zero-order chi connectivity index (χ0) is 16.7. The van der Waals surface area contributed by atoms with E-state index in [2.05, 4.69) is 20.4 Å². The van der Waals surface area contributed by atoms with Crippen molar-refractivity contribution in [2.75, 3.05) is 19.6 Å². The summed E-state index contributed by atoms with van der Waals surface area (Å²) >= 11 is 0. The van der Waals surface area contributed by atoms with Gasteiger partial charge in [0.15, 0.2) is 0 Å². The molecule has 0 spiro atoms. The molecular weight excluding hydrogens is 304 g/mol. The lowest BCUT2D eigenvalue weighted by atomic mass is 9.84. The van der Waals surface area contributed by atoms with E-state index in [0.717, 1.165) is 34.6 Å². The Hall–Kier alpha value is -1.92. The Morgan fingerprint density at radius 2 is 2.21 bits per heavy atom. The smallest absolute Gasteiger partial charge is 0.336 e. The van der Waals surface area contributed by atoms with Crippen molar-refractivity contribution >= 4 is 16.9 Å². The van der Waals surface area contributed by atoms with E-state index in [1.165, 1.54) is 25.9 Å². The molecule has 24 heavy (non-hydrogen) atoms. The number of benzene rings is 1. The lowest BCUT2D eigenvalue weighted by molar-refractivity contribution is 0.0697. The fourth-order valence-electron chi connectivity index (χ4n) is 4.31. The van der Waals surface area contributed by atoms with Gasteiger partial charge in [-0.05, 0) is 49.9 Å². The topological polar surface area (TPSA) is 81.2 Å². The van der Waals surface area contributed by atoms with Gasteiger partial charge in [-0.3, -0.25) is 5.10 Å². The van der Waals surface area contributed by atoms with Crippen LogP contribution in [0.4, 0.5) is 0 Å². The second kappa shape index (κ2) is 6.18. The average Bonchev–Trinajstić information content (AvgIpc) is 3.03. The number of piperidine rings is 3. The first kappa shape index (κ1) is 15.6. The zero-order valence-corrected chi connectivity index (χ0v) is 14.0. The number of aromatic amines is 1. The number of rotatable bonds is 5. The molecule has 2 aromatic rings. The van der Waals surface area contributed by atoms with Crippen molar-refractivity contribution in [1.29, 1.82) is 0 Å². The molecule has 128 valence electrons. The summed E-state index contributed by atoms with van der Waals surface area (Å²) in [6, 6.07) is 4.31. The number of nitrogens with one attached hydrogen (secondary N) is 2. The van der Waals surface area contributed by atoms with Gasteiger partial charge in [0.05, 0.1) is 16.8 Å². The van der Waals surface area contributed by atoms with E-state index in [0.29, 0.717) is 24.6 Å². The molecule has 1 aromatic carbocycles. The molecule has 6 heteroatoms. The van der Waals surface area contributed by atoms with E-state index in [4.69, 9.17) is 0 Å². The molecular formula is C18H24N4O2. The number of carboxylic acid groups (broad SMARTS) is 1. The number of fused-ring (bicyclic) bond motifs is 4. The van der Waals surface area contributed by atoms with Crippen molar-refractivity contribution in [1.82, 2.24) is 20.4 Å². The highest BCUT2D eigenvalue weighted by Crippen LogP contribution is 2.29. The first-order chi connectivity index (χ1) is 11.7. The number of aromatic carboxylic acids is 1. The molecule has 3 aliphatic rings. The summed E-state index contributed by atoms with van der Waals surface area (Å²) in [7, 11) is 0. The highest BCUT2D eigenvalue weighted by atomic mass is 16.4. The standard InChI is InChI=1S/C18H24N4O2/c1-2-11-3-4-13-17(16(11)18(23)24)14(21-20-13)9-19-15-10-22-7-5-12(15)6-8-22/h3-4,12,15,19H,2,5-10H2,1H3,(H,20,21)(H,23,24). The lowest BCUT2D eigenvalue weighted by Gasteiger charge is -2.45. The first-order valence-electron chi connectivity index (χ1n) is 8.85. The number of carbonyl (C=O) groups is 1. The van der Waals surface area contributed by atoms with Gasteiger partial charge in [-0.2, -0.15) is 5.10 Å². The summed E-state index contributed by atoms with van der Waals surface area (Å²) in [6.07, 6.45) is 3.23. The van der Waals surface area contributed by atoms with Crippen LogP contribution in [0, 0.1) is 5.92 Å². The first-order valence-corrected chi connectivity index (χ1v) is 8.85. The van der Waals surface area contributed by atoms with Gasteiger partial charge in [0.1, 0.15) is 0 Å². The SMILES string of the molecule is CCc1ccc2[nH]nc(CNC3CN4CCC3CC4)c2c1C(=O)O. The van der Waals surface area contributed by atoms with Crippen LogP contribution in [0.1, 0.15) is 41.4 Å². The molecule has 2 bridgehead atoms. The minimum Gasteiger partial charge on any atom is -0.478 e. The average molecular weight is 328 g/mol. The van der Waals surface area contributed by atoms with E-state index in [1.807, 2.05) is 19.1 Å². The van der Waals surface area contributed by atoms with Crippen LogP contribution < -0.4 is 5.32 Å². The second-order valence-electron chi connectivity index (χ2n) is 6.98. The minimum absolute atomic E-state index is 0.398. The molecule has 0 aliphatic carbocycles. The molecule has 6 nitrogen and oxygen atoms in total. The molecule has 0 radical (unpaired) electrons. The number of aryl methyl sites for hydroxylation is 1. The van der Waals surface area contributed by atoms with Crippen LogP contribution in [0.5, 0.6) is 0 Å². The Bertz CT molecular complexity index is 762. The van der Waals surface area contributed by atoms with Gasteiger partial charge >= 0.3 is 5.97 Å². The third-order valence-corrected chi connectivity index (χ3v) is 5.67. The summed E-state index contributed by atoms with van der Waals surface area (Å²) in [6.45, 7) is 6.13. The maximum absolute atomic E-state index is 11.8. The van der Waals surface area contributed by atoms with E-state index in [-0.39, 0.29) is 0 Å². The van der Waals surface area contributed by atoms with Crippen LogP contribution in [0.2, 0.25) is 0 Å². The molecule has 3 saturated heterocycles. The molecule has 1 atom stereocenters. The van der Waals surface area contributed by atoms with E-state index in [9.17, 15) is 9.90 Å². The summed E-state index contributed by atoms with van der Waals surface area (Å²) < 4.78 is 0. The number of nitrogens with zero attached hydrogens (tertiary/aromatic N) is 2. The molecule has 0 amide bonds. The third-order valence-electron chi connectivity index (χ3n) is 5.67. The predicted octanol–water partition coefficient (Wildman–Crippen LogP) is 2.01. The van der Waals surface area contributed by atoms with Crippen molar-refractivity contribution in [2.45, 2.75) is 38.8 Å². The molecule has 1 unspecified atom stereocenters. The van der Waals surface area contributed by atoms with Crippen molar-refractivity contribution in [3.05, 3.63) is 29.0 Å².